The molecule has 1 aromatic rings. The van der Waals surface area contributed by atoms with Crippen molar-refractivity contribution in [3.63, 3.8) is 0 Å². The number of anilines is 1. The molecule has 2 heterocycles. The topological polar surface area (TPSA) is 75.6 Å². The van der Waals surface area contributed by atoms with Crippen molar-refractivity contribution in [2.24, 2.45) is 11.8 Å². The first-order valence-corrected chi connectivity index (χ1v) is 6.61. The number of carboxylic acids is 1. The van der Waals surface area contributed by atoms with Gasteiger partial charge in [0.05, 0.1) is 29.7 Å². The summed E-state index contributed by atoms with van der Waals surface area (Å²) < 4.78 is 31.8. The van der Waals surface area contributed by atoms with E-state index in [9.17, 15) is 23.5 Å². The Hall–Kier alpha value is -2.02. The predicted octanol–water partition coefficient (Wildman–Crippen LogP) is 1.78. The minimum Gasteiger partial charge on any atom is -0.481 e. The minimum atomic E-state index is -1.10. The van der Waals surface area contributed by atoms with Crippen molar-refractivity contribution in [3.8, 4) is 0 Å². The van der Waals surface area contributed by atoms with E-state index in [4.69, 9.17) is 4.74 Å². The molecule has 2 aliphatic rings. The highest BCUT2D eigenvalue weighted by atomic mass is 19.1. The molecule has 2 N–H and O–H groups in total. The van der Waals surface area contributed by atoms with Crippen LogP contribution in [0, 0.1) is 23.5 Å². The van der Waals surface area contributed by atoms with Gasteiger partial charge >= 0.3 is 5.97 Å². The largest absolute Gasteiger partial charge is 0.481 e. The summed E-state index contributed by atoms with van der Waals surface area (Å²) in [7, 11) is 0. The number of hydrogen-bond acceptors (Lipinski definition) is 3. The first kappa shape index (κ1) is 13.9. The average Bonchev–Trinajstić information content (AvgIpc) is 3.02. The molecule has 5 nitrogen and oxygen atoms in total. The lowest BCUT2D eigenvalue weighted by Gasteiger charge is -2.23. The summed E-state index contributed by atoms with van der Waals surface area (Å²) in [6, 6.07) is 2.78. The van der Waals surface area contributed by atoms with E-state index < -0.39 is 47.6 Å². The van der Waals surface area contributed by atoms with Crippen LogP contribution in [0.25, 0.3) is 0 Å². The number of ether oxygens (including phenoxy) is 1. The van der Waals surface area contributed by atoms with E-state index in [-0.39, 0.29) is 5.69 Å². The summed E-state index contributed by atoms with van der Waals surface area (Å²) in [5.74, 6) is -5.14. The van der Waals surface area contributed by atoms with Crippen molar-refractivity contribution < 1.29 is 28.2 Å². The molecule has 0 aliphatic carbocycles. The van der Waals surface area contributed by atoms with Crippen molar-refractivity contribution >= 4 is 17.6 Å². The number of carbonyl (C=O) groups excluding carboxylic acids is 1. The van der Waals surface area contributed by atoms with Crippen LogP contribution in [-0.2, 0) is 14.3 Å². The molecule has 1 amide bonds. The Morgan fingerprint density at radius 1 is 1.19 bits per heavy atom. The quantitative estimate of drug-likeness (QED) is 0.891. The van der Waals surface area contributed by atoms with Crippen LogP contribution in [0.2, 0.25) is 0 Å². The van der Waals surface area contributed by atoms with E-state index in [1.54, 1.807) is 0 Å². The number of aliphatic carboxylic acids is 1. The van der Waals surface area contributed by atoms with Gasteiger partial charge in [0.1, 0.15) is 11.6 Å². The number of halogens is 2. The molecule has 0 spiro atoms. The van der Waals surface area contributed by atoms with Gasteiger partial charge in [-0.3, -0.25) is 9.59 Å². The molecule has 0 radical (unpaired) electrons. The van der Waals surface area contributed by atoms with Crippen LogP contribution in [-0.4, -0.2) is 29.2 Å². The van der Waals surface area contributed by atoms with Crippen LogP contribution in [0.3, 0.4) is 0 Å². The summed E-state index contributed by atoms with van der Waals surface area (Å²) in [5.41, 5.74) is -0.173. The second-order valence-electron chi connectivity index (χ2n) is 5.29. The Balaban J connectivity index is 1.80. The minimum absolute atomic E-state index is 0.173. The Kier molecular flexibility index (Phi) is 3.36. The fourth-order valence-corrected chi connectivity index (χ4v) is 3.13. The molecular formula is C14H13F2NO4. The zero-order valence-electron chi connectivity index (χ0n) is 10.9. The number of nitrogens with one attached hydrogen (secondary N) is 1. The highest BCUT2D eigenvalue weighted by Crippen LogP contribution is 2.44. The zero-order chi connectivity index (χ0) is 15.1. The number of fused-ring (bicyclic) bond motifs is 2. The van der Waals surface area contributed by atoms with Crippen LogP contribution >= 0.6 is 0 Å². The number of hydrogen-bond donors (Lipinski definition) is 2. The van der Waals surface area contributed by atoms with Crippen molar-refractivity contribution in [1.29, 1.82) is 0 Å². The van der Waals surface area contributed by atoms with Gasteiger partial charge in [-0.15, -0.1) is 0 Å². The molecule has 21 heavy (non-hydrogen) atoms. The molecular weight excluding hydrogens is 284 g/mol. The molecule has 1 aromatic carbocycles. The number of rotatable bonds is 3. The average molecular weight is 297 g/mol. The molecule has 0 saturated carbocycles. The normalized spacial score (nSPS) is 30.4. The van der Waals surface area contributed by atoms with E-state index in [2.05, 4.69) is 5.32 Å². The van der Waals surface area contributed by atoms with Gasteiger partial charge in [0.25, 0.3) is 0 Å². The smallest absolute Gasteiger partial charge is 0.310 e. The number of carboxylic acid groups (broad SMARTS) is 1. The summed E-state index contributed by atoms with van der Waals surface area (Å²) in [4.78, 5) is 23.5. The Morgan fingerprint density at radius 3 is 2.48 bits per heavy atom. The van der Waals surface area contributed by atoms with Crippen molar-refractivity contribution in [2.75, 3.05) is 5.32 Å². The summed E-state index contributed by atoms with van der Waals surface area (Å²) in [5, 5.41) is 11.6. The lowest BCUT2D eigenvalue weighted by molar-refractivity contribution is -0.147. The summed E-state index contributed by atoms with van der Waals surface area (Å²) >= 11 is 0. The van der Waals surface area contributed by atoms with Crippen LogP contribution in [0.1, 0.15) is 12.8 Å². The lowest BCUT2D eigenvalue weighted by Crippen LogP contribution is -2.41. The van der Waals surface area contributed by atoms with Crippen molar-refractivity contribution in [3.05, 3.63) is 29.8 Å². The fraction of sp³-hybridized carbons (Fsp3) is 0.429. The third-order valence-electron chi connectivity index (χ3n) is 4.05. The predicted molar refractivity (Wildman–Crippen MR) is 67.5 cm³/mol. The number of amides is 1. The van der Waals surface area contributed by atoms with Crippen molar-refractivity contribution in [2.45, 2.75) is 25.0 Å². The maximum atomic E-state index is 13.5. The molecule has 112 valence electrons. The second-order valence-corrected chi connectivity index (χ2v) is 5.29. The van der Waals surface area contributed by atoms with Crippen LogP contribution in [0.15, 0.2) is 18.2 Å². The second kappa shape index (κ2) is 5.07. The molecule has 2 saturated heterocycles. The number of benzene rings is 1. The van der Waals surface area contributed by atoms with Gasteiger partial charge in [0.15, 0.2) is 0 Å². The third-order valence-corrected chi connectivity index (χ3v) is 4.05. The van der Waals surface area contributed by atoms with Gasteiger partial charge in [0.2, 0.25) is 5.91 Å². The van der Waals surface area contributed by atoms with Crippen LogP contribution < -0.4 is 5.32 Å². The highest BCUT2D eigenvalue weighted by Gasteiger charge is 2.55. The molecule has 4 atom stereocenters. The molecule has 2 fully saturated rings. The molecule has 0 aromatic heterocycles. The van der Waals surface area contributed by atoms with Gasteiger partial charge < -0.3 is 15.2 Å². The van der Waals surface area contributed by atoms with Crippen molar-refractivity contribution in [1.82, 2.24) is 0 Å². The molecule has 2 aliphatic heterocycles. The number of carbonyl (C=O) groups is 2. The van der Waals surface area contributed by atoms with Crippen LogP contribution in [0.4, 0.5) is 14.5 Å². The summed E-state index contributed by atoms with van der Waals surface area (Å²) in [6.07, 6.45) is 0.287. The zero-order valence-corrected chi connectivity index (χ0v) is 10.9. The SMILES string of the molecule is O=C(Nc1ccc(F)cc1F)[C@@H]1[C@H](C(=O)O)[C@@H]2CC[C@H]1O2. The van der Waals surface area contributed by atoms with E-state index >= 15 is 0 Å². The Bertz CT molecular complexity index is 607. The standard InChI is InChI=1S/C14H13F2NO4/c15-6-1-2-8(7(16)5-6)17-13(18)11-9-3-4-10(21-9)12(11)14(19)20/h1-2,5,9-12H,3-4H2,(H,17,18)(H,19,20)/t9-,10+,11+,12-/m1/s1. The molecule has 0 unspecified atom stereocenters. The van der Waals surface area contributed by atoms with Gasteiger partial charge in [0, 0.05) is 6.07 Å². The lowest BCUT2D eigenvalue weighted by atomic mass is 9.78. The first-order valence-electron chi connectivity index (χ1n) is 6.61. The Morgan fingerprint density at radius 2 is 1.86 bits per heavy atom. The monoisotopic (exact) mass is 297 g/mol. The first-order chi connectivity index (χ1) is 9.97. The molecule has 7 heteroatoms. The Labute approximate surface area is 118 Å². The van der Waals surface area contributed by atoms with Gasteiger partial charge in [-0.2, -0.15) is 0 Å². The molecule has 3 rings (SSSR count). The van der Waals surface area contributed by atoms with Gasteiger partial charge in [-0.1, -0.05) is 0 Å². The van der Waals surface area contributed by atoms with E-state index in [0.29, 0.717) is 18.9 Å². The maximum absolute atomic E-state index is 13.5. The van der Waals surface area contributed by atoms with E-state index in [0.717, 1.165) is 12.1 Å². The van der Waals surface area contributed by atoms with Crippen LogP contribution in [0.5, 0.6) is 0 Å². The summed E-state index contributed by atoms with van der Waals surface area (Å²) in [6.45, 7) is 0. The fourth-order valence-electron chi connectivity index (χ4n) is 3.13. The van der Waals surface area contributed by atoms with E-state index in [1.807, 2.05) is 0 Å². The molecule has 2 bridgehead atoms. The van der Waals surface area contributed by atoms with E-state index in [1.165, 1.54) is 0 Å². The third kappa shape index (κ3) is 2.37. The van der Waals surface area contributed by atoms with Gasteiger partial charge in [-0.05, 0) is 25.0 Å². The van der Waals surface area contributed by atoms with Gasteiger partial charge in [-0.25, -0.2) is 8.78 Å². The maximum Gasteiger partial charge on any atom is 0.310 e. The highest BCUT2D eigenvalue weighted by molar-refractivity contribution is 5.96.